The van der Waals surface area contributed by atoms with Gasteiger partial charge in [-0.3, -0.25) is 0 Å². The molecule has 4 nitrogen and oxygen atoms in total. The number of anilines is 3. The second kappa shape index (κ2) is 8.33. The molecular weight excluding hydrogens is 372 g/mol. The van der Waals surface area contributed by atoms with Gasteiger partial charge in [-0.25, -0.2) is 4.98 Å². The van der Waals surface area contributed by atoms with Gasteiger partial charge in [-0.1, -0.05) is 18.2 Å². The summed E-state index contributed by atoms with van der Waals surface area (Å²) in [5.41, 5.74) is 4.56. The van der Waals surface area contributed by atoms with Gasteiger partial charge in [-0.15, -0.1) is 23.1 Å². The molecule has 0 radical (unpaired) electrons. The van der Waals surface area contributed by atoms with E-state index in [1.807, 2.05) is 0 Å². The molecule has 0 unspecified atom stereocenters. The lowest BCUT2D eigenvalue weighted by molar-refractivity contribution is 0.313. The van der Waals surface area contributed by atoms with Crippen LogP contribution < -0.4 is 10.2 Å². The predicted octanol–water partition coefficient (Wildman–Crippen LogP) is 5.03. The van der Waals surface area contributed by atoms with Crippen molar-refractivity contribution in [3.8, 4) is 11.3 Å². The highest BCUT2D eigenvalue weighted by Crippen LogP contribution is 2.29. The van der Waals surface area contributed by atoms with Crippen LogP contribution in [0.5, 0.6) is 0 Å². The summed E-state index contributed by atoms with van der Waals surface area (Å²) in [6.07, 6.45) is 2.09. The number of nitrogens with one attached hydrogen (secondary N) is 1. The van der Waals surface area contributed by atoms with E-state index in [0.717, 1.165) is 48.3 Å². The molecule has 0 aliphatic carbocycles. The number of aromatic nitrogens is 1. The number of hydrogen-bond acceptors (Lipinski definition) is 6. The van der Waals surface area contributed by atoms with E-state index in [2.05, 4.69) is 82.3 Å². The highest BCUT2D eigenvalue weighted by molar-refractivity contribution is 7.98. The van der Waals surface area contributed by atoms with Gasteiger partial charge in [0.05, 0.1) is 5.69 Å². The summed E-state index contributed by atoms with van der Waals surface area (Å²) in [6.45, 7) is 4.44. The molecule has 0 atom stereocenters. The number of likely N-dealkylation sites (N-methyl/N-ethyl adjacent to an activating group) is 1. The van der Waals surface area contributed by atoms with Crippen LogP contribution in [-0.2, 0) is 0 Å². The van der Waals surface area contributed by atoms with Crippen LogP contribution in [0.25, 0.3) is 11.3 Å². The van der Waals surface area contributed by atoms with Crippen molar-refractivity contribution in [1.82, 2.24) is 9.88 Å². The van der Waals surface area contributed by atoms with Crippen molar-refractivity contribution < 1.29 is 0 Å². The number of hydrogen-bond donors (Lipinski definition) is 1. The van der Waals surface area contributed by atoms with Gasteiger partial charge in [0.15, 0.2) is 5.13 Å². The lowest BCUT2D eigenvalue weighted by Crippen LogP contribution is -2.44. The molecular formula is C21H24N4S2. The molecule has 3 aromatic rings. The summed E-state index contributed by atoms with van der Waals surface area (Å²) >= 11 is 3.39. The number of thiazole rings is 1. The number of piperazine rings is 1. The Morgan fingerprint density at radius 2 is 1.81 bits per heavy atom. The minimum atomic E-state index is 0.923. The molecule has 6 heteroatoms. The summed E-state index contributed by atoms with van der Waals surface area (Å²) in [4.78, 5) is 10.8. The third-order valence-corrected chi connectivity index (χ3v) is 6.34. The van der Waals surface area contributed by atoms with E-state index in [1.54, 1.807) is 23.1 Å². The zero-order chi connectivity index (χ0) is 18.6. The third-order valence-electron chi connectivity index (χ3n) is 4.86. The zero-order valence-electron chi connectivity index (χ0n) is 15.7. The monoisotopic (exact) mass is 396 g/mol. The Bertz CT molecular complexity index is 883. The molecule has 1 saturated heterocycles. The van der Waals surface area contributed by atoms with Crippen LogP contribution in [0, 0.1) is 0 Å². The Kier molecular flexibility index (Phi) is 5.66. The molecule has 27 heavy (non-hydrogen) atoms. The third kappa shape index (κ3) is 4.46. The van der Waals surface area contributed by atoms with E-state index >= 15 is 0 Å². The summed E-state index contributed by atoms with van der Waals surface area (Å²) in [5, 5.41) is 6.46. The first-order valence-corrected chi connectivity index (χ1v) is 11.2. The molecule has 1 aliphatic rings. The van der Waals surface area contributed by atoms with Gasteiger partial charge in [0.2, 0.25) is 0 Å². The van der Waals surface area contributed by atoms with Gasteiger partial charge in [0.25, 0.3) is 0 Å². The largest absolute Gasteiger partial charge is 0.369 e. The Morgan fingerprint density at radius 1 is 1.04 bits per heavy atom. The Morgan fingerprint density at radius 3 is 2.56 bits per heavy atom. The zero-order valence-corrected chi connectivity index (χ0v) is 17.3. The van der Waals surface area contributed by atoms with E-state index in [0.29, 0.717) is 0 Å². The molecule has 0 saturated carbocycles. The van der Waals surface area contributed by atoms with Crippen LogP contribution >= 0.6 is 23.1 Å². The summed E-state index contributed by atoms with van der Waals surface area (Å²) in [6, 6.07) is 17.2. The highest BCUT2D eigenvalue weighted by Gasteiger charge is 2.14. The molecule has 4 rings (SSSR count). The minimum absolute atomic E-state index is 0.923. The van der Waals surface area contributed by atoms with Gasteiger partial charge in [-0.05, 0) is 43.6 Å². The van der Waals surface area contributed by atoms with Crippen molar-refractivity contribution in [3.63, 3.8) is 0 Å². The van der Waals surface area contributed by atoms with Crippen molar-refractivity contribution in [2.24, 2.45) is 0 Å². The topological polar surface area (TPSA) is 31.4 Å². The first kappa shape index (κ1) is 18.3. The fraction of sp³-hybridized carbons (Fsp3) is 0.286. The SMILES string of the molecule is CSc1cccc(Nc2nc(-c3ccc(N4CCN(C)CC4)cc3)cs2)c1. The summed E-state index contributed by atoms with van der Waals surface area (Å²) in [5.74, 6) is 0. The van der Waals surface area contributed by atoms with Gasteiger partial charge in [0, 0.05) is 53.4 Å². The molecule has 2 aromatic carbocycles. The maximum atomic E-state index is 4.76. The maximum Gasteiger partial charge on any atom is 0.187 e. The second-order valence-electron chi connectivity index (χ2n) is 6.73. The van der Waals surface area contributed by atoms with E-state index in [9.17, 15) is 0 Å². The molecule has 1 N–H and O–H groups in total. The van der Waals surface area contributed by atoms with Crippen LogP contribution in [-0.4, -0.2) is 49.4 Å². The van der Waals surface area contributed by atoms with Crippen LogP contribution in [0.3, 0.4) is 0 Å². The van der Waals surface area contributed by atoms with Crippen LogP contribution in [0.1, 0.15) is 0 Å². The first-order chi connectivity index (χ1) is 13.2. The number of thioether (sulfide) groups is 1. The fourth-order valence-electron chi connectivity index (χ4n) is 3.20. The summed E-state index contributed by atoms with van der Waals surface area (Å²) in [7, 11) is 2.19. The molecule has 0 amide bonds. The van der Waals surface area contributed by atoms with Gasteiger partial charge >= 0.3 is 0 Å². The standard InChI is InChI=1S/C21H24N4S2/c1-24-10-12-25(13-11-24)18-8-6-16(7-9-18)20-15-27-21(23-20)22-17-4-3-5-19(14-17)26-2/h3-9,14-15H,10-13H2,1-2H3,(H,22,23). The predicted molar refractivity (Wildman–Crippen MR) is 119 cm³/mol. The normalized spacial score (nSPS) is 15.1. The maximum absolute atomic E-state index is 4.76. The van der Waals surface area contributed by atoms with E-state index < -0.39 is 0 Å². The van der Waals surface area contributed by atoms with Crippen molar-refractivity contribution in [3.05, 3.63) is 53.9 Å². The van der Waals surface area contributed by atoms with Crippen LogP contribution in [0.15, 0.2) is 58.8 Å². The molecule has 1 aliphatic heterocycles. The summed E-state index contributed by atoms with van der Waals surface area (Å²) < 4.78 is 0. The lowest BCUT2D eigenvalue weighted by Gasteiger charge is -2.34. The molecule has 1 fully saturated rings. The quantitative estimate of drug-likeness (QED) is 0.612. The first-order valence-electron chi connectivity index (χ1n) is 9.12. The Balaban J connectivity index is 1.45. The minimum Gasteiger partial charge on any atom is -0.369 e. The van der Waals surface area contributed by atoms with Crippen molar-refractivity contribution in [2.45, 2.75) is 4.90 Å². The molecule has 0 spiro atoms. The number of nitrogens with zero attached hydrogens (tertiary/aromatic N) is 3. The molecule has 2 heterocycles. The smallest absolute Gasteiger partial charge is 0.187 e. The second-order valence-corrected chi connectivity index (χ2v) is 8.47. The van der Waals surface area contributed by atoms with Crippen molar-refractivity contribution in [2.75, 3.05) is 49.7 Å². The average Bonchev–Trinajstić information content (AvgIpc) is 3.17. The number of benzene rings is 2. The van der Waals surface area contributed by atoms with Crippen LogP contribution in [0.2, 0.25) is 0 Å². The van der Waals surface area contributed by atoms with Crippen molar-refractivity contribution in [1.29, 1.82) is 0 Å². The van der Waals surface area contributed by atoms with Crippen LogP contribution in [0.4, 0.5) is 16.5 Å². The number of rotatable bonds is 5. The van der Waals surface area contributed by atoms with E-state index in [1.165, 1.54) is 10.6 Å². The average molecular weight is 397 g/mol. The fourth-order valence-corrected chi connectivity index (χ4v) is 4.40. The van der Waals surface area contributed by atoms with E-state index in [-0.39, 0.29) is 0 Å². The Labute approximate surface area is 169 Å². The highest BCUT2D eigenvalue weighted by atomic mass is 32.2. The van der Waals surface area contributed by atoms with Crippen molar-refractivity contribution >= 4 is 39.6 Å². The van der Waals surface area contributed by atoms with E-state index in [4.69, 9.17) is 4.98 Å². The molecule has 1 aromatic heterocycles. The van der Waals surface area contributed by atoms with Gasteiger partial charge < -0.3 is 15.1 Å². The van der Waals surface area contributed by atoms with Gasteiger partial charge in [-0.2, -0.15) is 0 Å². The van der Waals surface area contributed by atoms with Gasteiger partial charge in [0.1, 0.15) is 0 Å². The Hall–Kier alpha value is -2.02. The lowest BCUT2D eigenvalue weighted by atomic mass is 10.1. The molecule has 0 bridgehead atoms. The molecule has 140 valence electrons.